The molecule has 0 saturated heterocycles. The molecule has 0 aliphatic heterocycles. The van der Waals surface area contributed by atoms with Crippen LogP contribution in [0.4, 0.5) is 9.59 Å². The highest BCUT2D eigenvalue weighted by molar-refractivity contribution is 7.09. The van der Waals surface area contributed by atoms with Crippen LogP contribution in [0.3, 0.4) is 0 Å². The van der Waals surface area contributed by atoms with Crippen molar-refractivity contribution in [2.45, 2.75) is 105 Å². The van der Waals surface area contributed by atoms with Crippen molar-refractivity contribution >= 4 is 29.4 Å². The van der Waals surface area contributed by atoms with Crippen LogP contribution in [0.15, 0.2) is 35.7 Å². The lowest BCUT2D eigenvalue weighted by molar-refractivity contribution is -0.125. The Morgan fingerprint density at radius 2 is 1.65 bits per heavy atom. The van der Waals surface area contributed by atoms with Crippen LogP contribution < -0.4 is 16.0 Å². The fraction of sp³-hybridized carbons (Fsp3) is 0.625. The van der Waals surface area contributed by atoms with Gasteiger partial charge in [0.05, 0.1) is 29.4 Å². The Balaban J connectivity index is 2.17. The maximum atomic E-state index is 13.6. The molecule has 4 N–H and O–H groups in total. The molecule has 0 spiro atoms. The Bertz CT molecular complexity index is 1160. The third-order valence-electron chi connectivity index (χ3n) is 6.49. The Kier molecular flexibility index (Phi) is 13.9. The van der Waals surface area contributed by atoms with Crippen LogP contribution in [0, 0.1) is 11.8 Å². The van der Waals surface area contributed by atoms with Crippen molar-refractivity contribution < 1.29 is 24.2 Å². The van der Waals surface area contributed by atoms with Crippen LogP contribution in [0.2, 0.25) is 0 Å². The van der Waals surface area contributed by atoms with Gasteiger partial charge in [0.15, 0.2) is 0 Å². The molecule has 3 atom stereocenters. The molecule has 1 aromatic heterocycles. The number of nitrogens with zero attached hydrogens (tertiary/aromatic N) is 2. The minimum absolute atomic E-state index is 0.000844. The molecule has 0 saturated carbocycles. The van der Waals surface area contributed by atoms with Gasteiger partial charge in [-0.25, -0.2) is 14.6 Å². The highest BCUT2D eigenvalue weighted by Gasteiger charge is 2.32. The van der Waals surface area contributed by atoms with E-state index in [2.05, 4.69) is 20.9 Å². The SMILES string of the molecule is CC(C)CN(C[C@@H](O)[C@H](Cc1ccccc1)NC(=O)[C@@H](NC(=O)OCc1csc(C(C)C)n1)C(C)C)C(=O)NC(C)(C)C. The molecule has 0 bridgehead atoms. The number of amides is 4. The van der Waals surface area contributed by atoms with E-state index in [4.69, 9.17) is 4.74 Å². The second-order valence-electron chi connectivity index (χ2n) is 13.1. The van der Waals surface area contributed by atoms with Gasteiger partial charge in [-0.1, -0.05) is 71.9 Å². The van der Waals surface area contributed by atoms with Crippen molar-refractivity contribution in [2.75, 3.05) is 13.1 Å². The van der Waals surface area contributed by atoms with Gasteiger partial charge >= 0.3 is 12.1 Å². The molecule has 43 heavy (non-hydrogen) atoms. The van der Waals surface area contributed by atoms with Crippen molar-refractivity contribution in [3.05, 3.63) is 52.0 Å². The summed E-state index contributed by atoms with van der Waals surface area (Å²) in [5.74, 6) is -0.255. The van der Waals surface area contributed by atoms with Crippen molar-refractivity contribution in [3.63, 3.8) is 0 Å². The molecular weight excluding hydrogens is 566 g/mol. The number of ether oxygens (including phenoxy) is 1. The van der Waals surface area contributed by atoms with Crippen molar-refractivity contribution in [2.24, 2.45) is 11.8 Å². The van der Waals surface area contributed by atoms with E-state index in [9.17, 15) is 19.5 Å². The Morgan fingerprint density at radius 3 is 2.19 bits per heavy atom. The molecule has 0 radical (unpaired) electrons. The van der Waals surface area contributed by atoms with E-state index < -0.39 is 35.7 Å². The van der Waals surface area contributed by atoms with Crippen molar-refractivity contribution in [1.29, 1.82) is 0 Å². The van der Waals surface area contributed by atoms with Gasteiger partial charge in [-0.15, -0.1) is 11.3 Å². The molecule has 0 aliphatic carbocycles. The normalized spacial score (nSPS) is 13.9. The van der Waals surface area contributed by atoms with Crippen LogP contribution in [-0.2, 0) is 22.6 Å². The van der Waals surface area contributed by atoms with E-state index in [0.29, 0.717) is 18.7 Å². The highest BCUT2D eigenvalue weighted by Crippen LogP contribution is 2.19. The summed E-state index contributed by atoms with van der Waals surface area (Å²) in [6.07, 6.45) is -1.47. The number of nitrogens with one attached hydrogen (secondary N) is 3. The standard InChI is InChI=1S/C32H51N5O5S/c1-20(2)16-37(30(40)36-32(7,8)9)17-26(38)25(15-23-13-11-10-12-14-23)34-28(39)27(21(3)4)35-31(41)42-18-24-19-43-29(33-24)22(5)6/h10-14,19-22,25-27,38H,15-18H2,1-9H3,(H,34,39)(H,35,41)(H,36,40)/t25-,26+,27-/m0/s1. The van der Waals surface area contributed by atoms with Gasteiger partial charge in [-0.3, -0.25) is 4.79 Å². The number of aromatic nitrogens is 1. The van der Waals surface area contributed by atoms with Gasteiger partial charge in [-0.05, 0) is 44.6 Å². The van der Waals surface area contributed by atoms with Crippen LogP contribution in [-0.4, -0.2) is 69.8 Å². The largest absolute Gasteiger partial charge is 0.443 e. The summed E-state index contributed by atoms with van der Waals surface area (Å²) in [6, 6.07) is 7.60. The molecule has 0 fully saturated rings. The van der Waals surface area contributed by atoms with E-state index >= 15 is 0 Å². The average molecular weight is 618 g/mol. The van der Waals surface area contributed by atoms with Gasteiger partial charge < -0.3 is 30.7 Å². The van der Waals surface area contributed by atoms with E-state index in [-0.39, 0.29) is 36.9 Å². The predicted molar refractivity (Wildman–Crippen MR) is 171 cm³/mol. The van der Waals surface area contributed by atoms with Crippen molar-refractivity contribution in [3.8, 4) is 0 Å². The fourth-order valence-electron chi connectivity index (χ4n) is 4.36. The van der Waals surface area contributed by atoms with Crippen LogP contribution in [0.25, 0.3) is 0 Å². The molecule has 240 valence electrons. The minimum Gasteiger partial charge on any atom is -0.443 e. The van der Waals surface area contributed by atoms with Gasteiger partial charge in [0.1, 0.15) is 12.6 Å². The highest BCUT2D eigenvalue weighted by atomic mass is 32.1. The first-order chi connectivity index (χ1) is 20.1. The summed E-state index contributed by atoms with van der Waals surface area (Å²) in [4.78, 5) is 45.4. The molecule has 1 heterocycles. The average Bonchev–Trinajstić information content (AvgIpc) is 3.38. The molecule has 1 aromatic carbocycles. The van der Waals surface area contributed by atoms with Crippen LogP contribution in [0.1, 0.15) is 84.5 Å². The van der Waals surface area contributed by atoms with E-state index in [0.717, 1.165) is 10.6 Å². The smallest absolute Gasteiger partial charge is 0.408 e. The van der Waals surface area contributed by atoms with Gasteiger partial charge in [0, 0.05) is 23.4 Å². The van der Waals surface area contributed by atoms with E-state index in [1.54, 1.807) is 4.90 Å². The number of thiazole rings is 1. The summed E-state index contributed by atoms with van der Waals surface area (Å²) in [6.45, 7) is 17.9. The summed E-state index contributed by atoms with van der Waals surface area (Å²) < 4.78 is 5.37. The molecule has 0 aliphatic rings. The molecule has 10 nitrogen and oxygen atoms in total. The fourth-order valence-corrected chi connectivity index (χ4v) is 5.17. The number of alkyl carbamates (subject to hydrolysis) is 1. The third-order valence-corrected chi connectivity index (χ3v) is 7.68. The first-order valence-electron chi connectivity index (χ1n) is 15.0. The van der Waals surface area contributed by atoms with Gasteiger partial charge in [0.25, 0.3) is 0 Å². The van der Waals surface area contributed by atoms with Crippen LogP contribution in [0.5, 0.6) is 0 Å². The zero-order valence-electron chi connectivity index (χ0n) is 27.1. The summed E-state index contributed by atoms with van der Waals surface area (Å²) in [7, 11) is 0. The van der Waals surface area contributed by atoms with Crippen molar-refractivity contribution in [1.82, 2.24) is 25.8 Å². The number of hydrogen-bond acceptors (Lipinski definition) is 7. The molecule has 0 unspecified atom stereocenters. The Hall–Kier alpha value is -3.18. The molecule has 2 aromatic rings. The van der Waals surface area contributed by atoms with Gasteiger partial charge in [-0.2, -0.15) is 0 Å². The number of benzene rings is 1. The number of hydrogen-bond donors (Lipinski definition) is 4. The monoisotopic (exact) mass is 617 g/mol. The third kappa shape index (κ3) is 12.9. The molecule has 2 rings (SSSR count). The second kappa shape index (κ2) is 16.6. The predicted octanol–water partition coefficient (Wildman–Crippen LogP) is 5.07. The lowest BCUT2D eigenvalue weighted by Gasteiger charge is -2.34. The number of carbonyl (C=O) groups is 3. The zero-order valence-corrected chi connectivity index (χ0v) is 28.0. The van der Waals surface area contributed by atoms with Crippen LogP contribution >= 0.6 is 11.3 Å². The Morgan fingerprint density at radius 1 is 1.00 bits per heavy atom. The maximum Gasteiger partial charge on any atom is 0.408 e. The first kappa shape index (κ1) is 36.0. The quantitative estimate of drug-likeness (QED) is 0.234. The molecular formula is C32H51N5O5S. The lowest BCUT2D eigenvalue weighted by atomic mass is 9.98. The number of rotatable bonds is 14. The number of urea groups is 1. The second-order valence-corrected chi connectivity index (χ2v) is 14.0. The summed E-state index contributed by atoms with van der Waals surface area (Å²) in [5.41, 5.74) is 1.12. The minimum atomic E-state index is -1.08. The zero-order chi connectivity index (χ0) is 32.3. The topological polar surface area (TPSA) is 133 Å². The lowest BCUT2D eigenvalue weighted by Crippen LogP contribution is -2.58. The number of carbonyl (C=O) groups excluding carboxylic acids is 3. The summed E-state index contributed by atoms with van der Waals surface area (Å²) in [5, 5.41) is 22.9. The molecule has 11 heteroatoms. The number of aliphatic hydroxyl groups is 1. The maximum absolute atomic E-state index is 13.6. The first-order valence-corrected chi connectivity index (χ1v) is 15.9. The number of aliphatic hydroxyl groups excluding tert-OH is 1. The van der Waals surface area contributed by atoms with E-state index in [1.807, 2.05) is 98.0 Å². The summed E-state index contributed by atoms with van der Waals surface area (Å²) >= 11 is 1.52. The van der Waals surface area contributed by atoms with Gasteiger partial charge in [0.2, 0.25) is 5.91 Å². The van der Waals surface area contributed by atoms with E-state index in [1.165, 1.54) is 11.3 Å². The Labute approximate surface area is 261 Å². The molecule has 4 amide bonds.